The van der Waals surface area contributed by atoms with Crippen LogP contribution in [0, 0.1) is 0 Å². The Bertz CT molecular complexity index is 678. The minimum Gasteiger partial charge on any atom is -0.497 e. The summed E-state index contributed by atoms with van der Waals surface area (Å²) in [4.78, 5) is 37.7. The highest BCUT2D eigenvalue weighted by atomic mass is 16.5. The number of rotatable bonds is 7. The van der Waals surface area contributed by atoms with Crippen LogP contribution in [0.4, 0.5) is 5.69 Å². The molecule has 0 unspecified atom stereocenters. The van der Waals surface area contributed by atoms with Crippen molar-refractivity contribution >= 4 is 23.5 Å². The zero-order chi connectivity index (χ0) is 19.1. The zero-order valence-corrected chi connectivity index (χ0v) is 15.0. The third-order valence-electron chi connectivity index (χ3n) is 4.06. The summed E-state index contributed by atoms with van der Waals surface area (Å²) >= 11 is 0. The molecule has 1 saturated heterocycles. The molecule has 26 heavy (non-hydrogen) atoms. The summed E-state index contributed by atoms with van der Waals surface area (Å²) in [7, 11) is 4.29. The van der Waals surface area contributed by atoms with E-state index in [9.17, 15) is 14.4 Å². The molecule has 0 saturated carbocycles. The van der Waals surface area contributed by atoms with Crippen molar-refractivity contribution in [2.75, 3.05) is 46.3 Å². The van der Waals surface area contributed by atoms with E-state index in [0.717, 1.165) is 0 Å². The summed E-state index contributed by atoms with van der Waals surface area (Å²) in [6.07, 6.45) is -0.110. The normalized spacial score (nSPS) is 17.2. The molecule has 2 rings (SSSR count). The van der Waals surface area contributed by atoms with Gasteiger partial charge in [0.15, 0.2) is 0 Å². The molecular formula is C17H23N3O6. The maximum absolute atomic E-state index is 12.4. The van der Waals surface area contributed by atoms with Crippen molar-refractivity contribution in [3.8, 4) is 11.5 Å². The van der Waals surface area contributed by atoms with Crippen molar-refractivity contribution in [1.29, 1.82) is 0 Å². The summed E-state index contributed by atoms with van der Waals surface area (Å²) in [5.41, 5.74) is 0.490. The number of ether oxygens (including phenoxy) is 3. The second-order valence-corrected chi connectivity index (χ2v) is 5.67. The standard InChI is InChI=1S/C17H23N3O6/c1-24-11-4-5-12(14(8-11)25-2)19-15(21)10-20-7-6-18-17(23)13(20)9-16(22)26-3/h4-5,8,13H,6-7,9-10H2,1-3H3,(H,18,23)(H,19,21)/t13-/m1/s1. The maximum atomic E-state index is 12.4. The fraction of sp³-hybridized carbons (Fsp3) is 0.471. The Morgan fingerprint density at radius 1 is 1.27 bits per heavy atom. The number of carbonyl (C=O) groups excluding carboxylic acids is 3. The van der Waals surface area contributed by atoms with Crippen molar-refractivity contribution in [1.82, 2.24) is 10.2 Å². The minimum absolute atomic E-state index is 0.0374. The smallest absolute Gasteiger partial charge is 0.307 e. The highest BCUT2D eigenvalue weighted by Gasteiger charge is 2.33. The van der Waals surface area contributed by atoms with E-state index >= 15 is 0 Å². The van der Waals surface area contributed by atoms with E-state index in [-0.39, 0.29) is 24.8 Å². The van der Waals surface area contributed by atoms with Gasteiger partial charge < -0.3 is 24.8 Å². The Morgan fingerprint density at radius 3 is 2.69 bits per heavy atom. The molecule has 2 amide bonds. The zero-order valence-electron chi connectivity index (χ0n) is 15.0. The van der Waals surface area contributed by atoms with Crippen LogP contribution in [0.1, 0.15) is 6.42 Å². The molecule has 0 bridgehead atoms. The maximum Gasteiger partial charge on any atom is 0.307 e. The van der Waals surface area contributed by atoms with E-state index < -0.39 is 12.0 Å². The Morgan fingerprint density at radius 2 is 2.04 bits per heavy atom. The quantitative estimate of drug-likeness (QED) is 0.656. The summed E-state index contributed by atoms with van der Waals surface area (Å²) in [6.45, 7) is 0.834. The number of nitrogens with one attached hydrogen (secondary N) is 2. The van der Waals surface area contributed by atoms with Crippen molar-refractivity contribution in [3.05, 3.63) is 18.2 Å². The molecule has 1 heterocycles. The summed E-state index contributed by atoms with van der Waals surface area (Å²) in [6, 6.07) is 4.29. The van der Waals surface area contributed by atoms with E-state index in [1.165, 1.54) is 21.3 Å². The van der Waals surface area contributed by atoms with Gasteiger partial charge in [0.25, 0.3) is 0 Å². The first-order valence-corrected chi connectivity index (χ1v) is 8.09. The van der Waals surface area contributed by atoms with E-state index in [1.807, 2.05) is 0 Å². The van der Waals surface area contributed by atoms with Crippen molar-refractivity contribution in [2.24, 2.45) is 0 Å². The van der Waals surface area contributed by atoms with Gasteiger partial charge in [-0.3, -0.25) is 19.3 Å². The molecule has 1 aliphatic rings. The molecule has 0 radical (unpaired) electrons. The van der Waals surface area contributed by atoms with Gasteiger partial charge in [-0.25, -0.2) is 0 Å². The number of hydrogen-bond acceptors (Lipinski definition) is 7. The molecular weight excluding hydrogens is 342 g/mol. The Balaban J connectivity index is 2.05. The highest BCUT2D eigenvalue weighted by Crippen LogP contribution is 2.29. The van der Waals surface area contributed by atoms with Crippen molar-refractivity contribution < 1.29 is 28.6 Å². The average Bonchev–Trinajstić information content (AvgIpc) is 2.64. The van der Waals surface area contributed by atoms with E-state index in [1.54, 1.807) is 23.1 Å². The number of benzene rings is 1. The Hall–Kier alpha value is -2.81. The van der Waals surface area contributed by atoms with Crippen LogP contribution in [0.2, 0.25) is 0 Å². The first-order chi connectivity index (χ1) is 12.5. The number of amides is 2. The van der Waals surface area contributed by atoms with E-state index in [2.05, 4.69) is 15.4 Å². The molecule has 1 aromatic carbocycles. The van der Waals surface area contributed by atoms with Crippen LogP contribution in [0.15, 0.2) is 18.2 Å². The monoisotopic (exact) mass is 365 g/mol. The molecule has 9 nitrogen and oxygen atoms in total. The van der Waals surface area contributed by atoms with Gasteiger partial charge in [-0.05, 0) is 12.1 Å². The van der Waals surface area contributed by atoms with Gasteiger partial charge in [0, 0.05) is 19.2 Å². The van der Waals surface area contributed by atoms with Gasteiger partial charge in [0.2, 0.25) is 11.8 Å². The summed E-state index contributed by atoms with van der Waals surface area (Å²) in [5, 5.41) is 5.45. The fourth-order valence-corrected chi connectivity index (χ4v) is 2.69. The second-order valence-electron chi connectivity index (χ2n) is 5.67. The van der Waals surface area contributed by atoms with Crippen LogP contribution in [0.3, 0.4) is 0 Å². The minimum atomic E-state index is -0.736. The van der Waals surface area contributed by atoms with Crippen LogP contribution in [-0.4, -0.2) is 69.7 Å². The van der Waals surface area contributed by atoms with Gasteiger partial charge in [0.05, 0.1) is 40.0 Å². The predicted molar refractivity (Wildman–Crippen MR) is 93.2 cm³/mol. The molecule has 9 heteroatoms. The molecule has 1 atom stereocenters. The largest absolute Gasteiger partial charge is 0.497 e. The van der Waals surface area contributed by atoms with Crippen LogP contribution in [0.5, 0.6) is 11.5 Å². The lowest BCUT2D eigenvalue weighted by molar-refractivity contribution is -0.146. The number of piperazine rings is 1. The molecule has 142 valence electrons. The van der Waals surface area contributed by atoms with Gasteiger partial charge in [0.1, 0.15) is 17.5 Å². The first-order valence-electron chi connectivity index (χ1n) is 8.09. The second kappa shape index (κ2) is 9.04. The summed E-state index contributed by atoms with van der Waals surface area (Å²) in [5.74, 6) is -0.0605. The molecule has 0 spiro atoms. The third kappa shape index (κ3) is 4.85. The first kappa shape index (κ1) is 19.5. The fourth-order valence-electron chi connectivity index (χ4n) is 2.69. The van der Waals surface area contributed by atoms with Gasteiger partial charge in [-0.15, -0.1) is 0 Å². The lowest BCUT2D eigenvalue weighted by Crippen LogP contribution is -2.57. The lowest BCUT2D eigenvalue weighted by Gasteiger charge is -2.33. The number of carbonyl (C=O) groups is 3. The lowest BCUT2D eigenvalue weighted by atomic mass is 10.1. The topological polar surface area (TPSA) is 106 Å². The predicted octanol–water partition coefficient (Wildman–Crippen LogP) is 0.00580. The third-order valence-corrected chi connectivity index (χ3v) is 4.06. The molecule has 2 N–H and O–H groups in total. The van der Waals surface area contributed by atoms with Gasteiger partial charge in [-0.2, -0.15) is 0 Å². The number of hydrogen-bond donors (Lipinski definition) is 2. The van der Waals surface area contributed by atoms with E-state index in [0.29, 0.717) is 30.3 Å². The average molecular weight is 365 g/mol. The summed E-state index contributed by atoms with van der Waals surface area (Å²) < 4.78 is 15.0. The SMILES string of the molecule is COC(=O)C[C@@H]1C(=O)NCCN1CC(=O)Nc1ccc(OC)cc1OC. The Kier molecular flexibility index (Phi) is 6.79. The van der Waals surface area contributed by atoms with E-state index in [4.69, 9.17) is 9.47 Å². The van der Waals surface area contributed by atoms with Crippen molar-refractivity contribution in [3.63, 3.8) is 0 Å². The molecule has 1 aromatic rings. The van der Waals surface area contributed by atoms with Crippen LogP contribution in [0.25, 0.3) is 0 Å². The van der Waals surface area contributed by atoms with Crippen LogP contribution >= 0.6 is 0 Å². The molecule has 1 aliphatic heterocycles. The molecule has 0 aliphatic carbocycles. The highest BCUT2D eigenvalue weighted by molar-refractivity contribution is 5.95. The number of esters is 1. The van der Waals surface area contributed by atoms with Crippen molar-refractivity contribution in [2.45, 2.75) is 12.5 Å². The van der Waals surface area contributed by atoms with Crippen LogP contribution < -0.4 is 20.1 Å². The molecule has 1 fully saturated rings. The molecule has 0 aromatic heterocycles. The number of nitrogens with zero attached hydrogens (tertiary/aromatic N) is 1. The van der Waals surface area contributed by atoms with Gasteiger partial charge in [-0.1, -0.05) is 0 Å². The Labute approximate surface area is 151 Å². The number of methoxy groups -OCH3 is 3. The van der Waals surface area contributed by atoms with Crippen LogP contribution in [-0.2, 0) is 19.1 Å². The number of anilines is 1. The van der Waals surface area contributed by atoms with Gasteiger partial charge >= 0.3 is 5.97 Å².